The fraction of sp³-hybridized carbons (Fsp3) is 0.882. The summed E-state index contributed by atoms with van der Waals surface area (Å²) in [6, 6.07) is 0.187. The fourth-order valence-electron chi connectivity index (χ4n) is 3.48. The Morgan fingerprint density at radius 1 is 1.39 bits per heavy atom. The summed E-state index contributed by atoms with van der Waals surface area (Å²) in [5.74, 6) is 1.75. The van der Waals surface area contributed by atoms with E-state index in [-0.39, 0.29) is 23.5 Å². The molecule has 0 aromatic carbocycles. The zero-order valence-electron chi connectivity index (χ0n) is 14.6. The lowest BCUT2D eigenvalue weighted by Crippen LogP contribution is -2.47. The van der Waals surface area contributed by atoms with E-state index >= 15 is 0 Å². The number of amides is 3. The van der Waals surface area contributed by atoms with Crippen molar-refractivity contribution in [2.75, 3.05) is 12.3 Å². The average molecular weight is 342 g/mol. The molecule has 0 spiro atoms. The third kappa shape index (κ3) is 4.78. The van der Waals surface area contributed by atoms with E-state index in [0.717, 1.165) is 44.4 Å². The normalized spacial score (nSPS) is 29.3. The second-order valence-corrected chi connectivity index (χ2v) is 8.30. The van der Waals surface area contributed by atoms with Crippen LogP contribution in [-0.2, 0) is 4.79 Å². The van der Waals surface area contributed by atoms with Gasteiger partial charge in [0.05, 0.1) is 11.6 Å². The highest BCUT2D eigenvalue weighted by Crippen LogP contribution is 2.39. The molecule has 2 heterocycles. The molecule has 3 amide bonds. The van der Waals surface area contributed by atoms with Gasteiger partial charge in [-0.25, -0.2) is 4.79 Å². The van der Waals surface area contributed by atoms with Gasteiger partial charge in [0.2, 0.25) is 5.91 Å². The molecule has 0 saturated carbocycles. The topological polar surface area (TPSA) is 70.2 Å². The highest BCUT2D eigenvalue weighted by atomic mass is 32.2. The molecule has 2 aliphatic rings. The van der Waals surface area contributed by atoms with Crippen LogP contribution in [0, 0.1) is 5.92 Å². The van der Waals surface area contributed by atoms with Gasteiger partial charge in [-0.15, -0.1) is 0 Å². The number of unbranched alkanes of at least 4 members (excludes halogenated alkanes) is 1. The van der Waals surface area contributed by atoms with Crippen LogP contribution in [0.4, 0.5) is 4.79 Å². The molecule has 132 valence electrons. The van der Waals surface area contributed by atoms with Crippen LogP contribution in [0.3, 0.4) is 0 Å². The van der Waals surface area contributed by atoms with Gasteiger partial charge in [0.15, 0.2) is 0 Å². The van der Waals surface area contributed by atoms with Crippen molar-refractivity contribution in [1.29, 1.82) is 0 Å². The van der Waals surface area contributed by atoms with E-state index in [1.165, 1.54) is 0 Å². The Bertz CT molecular complexity index is 428. The minimum Gasteiger partial charge on any atom is -0.356 e. The van der Waals surface area contributed by atoms with Gasteiger partial charge in [0.1, 0.15) is 0 Å². The molecule has 5 nitrogen and oxygen atoms in total. The fourth-order valence-corrected chi connectivity index (χ4v) is 5.19. The van der Waals surface area contributed by atoms with Crippen molar-refractivity contribution < 1.29 is 9.59 Å². The summed E-state index contributed by atoms with van der Waals surface area (Å²) in [6.07, 6.45) is 5.89. The zero-order chi connectivity index (χ0) is 16.9. The van der Waals surface area contributed by atoms with E-state index in [0.29, 0.717) is 17.6 Å². The minimum absolute atomic E-state index is 0.0384. The van der Waals surface area contributed by atoms with Gasteiger partial charge in [0.25, 0.3) is 0 Å². The largest absolute Gasteiger partial charge is 0.356 e. The van der Waals surface area contributed by atoms with Gasteiger partial charge in [-0.05, 0) is 25.7 Å². The van der Waals surface area contributed by atoms with Gasteiger partial charge < -0.3 is 16.0 Å². The van der Waals surface area contributed by atoms with Gasteiger partial charge in [0, 0.05) is 24.0 Å². The van der Waals surface area contributed by atoms with E-state index in [1.54, 1.807) is 0 Å². The van der Waals surface area contributed by atoms with Crippen LogP contribution in [0.2, 0.25) is 0 Å². The Kier molecular flexibility index (Phi) is 6.62. The second-order valence-electron chi connectivity index (χ2n) is 7.08. The number of urea groups is 1. The van der Waals surface area contributed by atoms with Gasteiger partial charge >= 0.3 is 6.03 Å². The predicted octanol–water partition coefficient (Wildman–Crippen LogP) is 2.65. The number of carbonyl (C=O) groups excluding carboxylic acids is 2. The first kappa shape index (κ1) is 18.4. The van der Waals surface area contributed by atoms with Crippen molar-refractivity contribution in [2.45, 2.75) is 76.1 Å². The Hall–Kier alpha value is -0.910. The maximum Gasteiger partial charge on any atom is 0.315 e. The van der Waals surface area contributed by atoms with Gasteiger partial charge in [-0.3, -0.25) is 4.79 Å². The number of rotatable bonds is 9. The Labute approximate surface area is 144 Å². The lowest BCUT2D eigenvalue weighted by molar-refractivity contribution is -0.121. The van der Waals surface area contributed by atoms with Crippen LogP contribution in [0.1, 0.15) is 59.3 Å². The quantitative estimate of drug-likeness (QED) is 0.446. The van der Waals surface area contributed by atoms with Crippen LogP contribution >= 0.6 is 11.8 Å². The number of nitrogens with one attached hydrogen (secondary N) is 3. The van der Waals surface area contributed by atoms with E-state index in [4.69, 9.17) is 0 Å². The number of fused-ring (bicyclic) bond motifs is 1. The number of carbonyl (C=O) groups is 2. The average Bonchev–Trinajstić information content (AvgIpc) is 2.97. The maximum absolute atomic E-state index is 11.9. The van der Waals surface area contributed by atoms with Crippen molar-refractivity contribution in [3.8, 4) is 0 Å². The van der Waals surface area contributed by atoms with Crippen LogP contribution in [0.25, 0.3) is 0 Å². The van der Waals surface area contributed by atoms with Crippen LogP contribution in [0.5, 0.6) is 0 Å². The molecule has 3 atom stereocenters. The second kappa shape index (κ2) is 8.27. The van der Waals surface area contributed by atoms with E-state index in [2.05, 4.69) is 36.7 Å². The Morgan fingerprint density at radius 2 is 2.13 bits per heavy atom. The van der Waals surface area contributed by atoms with Crippen LogP contribution < -0.4 is 16.0 Å². The summed E-state index contributed by atoms with van der Waals surface area (Å²) in [5, 5.41) is 9.60. The summed E-state index contributed by atoms with van der Waals surface area (Å²) in [6.45, 7) is 7.27. The summed E-state index contributed by atoms with van der Waals surface area (Å²) in [5.41, 5.74) is -0.0981. The molecule has 2 fully saturated rings. The molecular weight excluding hydrogens is 310 g/mol. The first-order valence-corrected chi connectivity index (χ1v) is 10.00. The van der Waals surface area contributed by atoms with E-state index < -0.39 is 0 Å². The molecule has 0 radical (unpaired) electrons. The Morgan fingerprint density at radius 3 is 2.83 bits per heavy atom. The van der Waals surface area contributed by atoms with Crippen molar-refractivity contribution in [2.24, 2.45) is 5.92 Å². The summed E-state index contributed by atoms with van der Waals surface area (Å²) in [4.78, 5) is 23.4. The third-order valence-corrected chi connectivity index (χ3v) is 6.93. The van der Waals surface area contributed by atoms with Crippen molar-refractivity contribution >= 4 is 23.7 Å². The molecule has 0 unspecified atom stereocenters. The number of hydrogen-bond acceptors (Lipinski definition) is 3. The molecule has 0 aromatic heterocycles. The monoisotopic (exact) mass is 341 g/mol. The summed E-state index contributed by atoms with van der Waals surface area (Å²) >= 11 is 1.94. The zero-order valence-corrected chi connectivity index (χ0v) is 15.4. The molecule has 2 rings (SSSR count). The molecule has 23 heavy (non-hydrogen) atoms. The van der Waals surface area contributed by atoms with Crippen molar-refractivity contribution in [1.82, 2.24) is 16.0 Å². The molecule has 3 N–H and O–H groups in total. The molecule has 0 bridgehead atoms. The van der Waals surface area contributed by atoms with Crippen molar-refractivity contribution in [3.63, 3.8) is 0 Å². The highest BCUT2D eigenvalue weighted by molar-refractivity contribution is 8.00. The lowest BCUT2D eigenvalue weighted by Gasteiger charge is -2.23. The third-order valence-electron chi connectivity index (χ3n) is 5.23. The van der Waals surface area contributed by atoms with Gasteiger partial charge in [-0.1, -0.05) is 33.1 Å². The first-order valence-electron chi connectivity index (χ1n) is 8.95. The predicted molar refractivity (Wildman–Crippen MR) is 95.7 cm³/mol. The molecule has 0 aromatic rings. The molecule has 0 aliphatic carbocycles. The SMILES string of the molecule is CCC(CC)CNC(=O)CCCC[C@@H]1SC[C@]2(C)NC(=O)N[C@H]12. The van der Waals surface area contributed by atoms with E-state index in [1.807, 2.05) is 11.8 Å². The van der Waals surface area contributed by atoms with Crippen LogP contribution in [-0.4, -0.2) is 41.1 Å². The maximum atomic E-state index is 11.9. The summed E-state index contributed by atoms with van der Waals surface area (Å²) < 4.78 is 0. The molecule has 2 saturated heterocycles. The number of thioether (sulfide) groups is 1. The molecule has 2 aliphatic heterocycles. The number of hydrogen-bond donors (Lipinski definition) is 3. The summed E-state index contributed by atoms with van der Waals surface area (Å²) in [7, 11) is 0. The molecule has 6 heteroatoms. The Balaban J connectivity index is 1.61. The van der Waals surface area contributed by atoms with E-state index in [9.17, 15) is 9.59 Å². The van der Waals surface area contributed by atoms with Crippen molar-refractivity contribution in [3.05, 3.63) is 0 Å². The highest BCUT2D eigenvalue weighted by Gasteiger charge is 2.51. The van der Waals surface area contributed by atoms with Gasteiger partial charge in [-0.2, -0.15) is 11.8 Å². The lowest BCUT2D eigenvalue weighted by atomic mass is 9.92. The first-order chi connectivity index (χ1) is 11.0. The minimum atomic E-state index is -0.0981. The smallest absolute Gasteiger partial charge is 0.315 e. The van der Waals surface area contributed by atoms with Crippen LogP contribution in [0.15, 0.2) is 0 Å². The standard InChI is InChI=1S/C17H31N3O2S/c1-4-12(5-2)10-18-14(21)9-7-6-8-13-15-17(3,11-23-13)20-16(22)19-15/h12-13,15H,4-11H2,1-3H3,(H,18,21)(H2,19,20,22)/t13-,15+,17-/m0/s1. The molecular formula is C17H31N3O2S.